The minimum absolute atomic E-state index is 0.0585. The van der Waals surface area contributed by atoms with Gasteiger partial charge in [-0.2, -0.15) is 13.2 Å². The summed E-state index contributed by atoms with van der Waals surface area (Å²) in [5.41, 5.74) is 5.85. The van der Waals surface area contributed by atoms with Crippen molar-refractivity contribution >= 4 is 5.91 Å². The molecule has 3 atom stereocenters. The molecule has 0 bridgehead atoms. The number of nitrogens with one attached hydrogen (secondary N) is 1. The Labute approximate surface area is 105 Å². The van der Waals surface area contributed by atoms with Gasteiger partial charge in [0.05, 0.1) is 0 Å². The summed E-state index contributed by atoms with van der Waals surface area (Å²) in [4.78, 5) is 11.7. The Kier molecular flexibility index (Phi) is 5.44. The van der Waals surface area contributed by atoms with Crippen LogP contribution in [0.1, 0.15) is 39.0 Å². The van der Waals surface area contributed by atoms with Crippen LogP contribution in [0, 0.1) is 11.8 Å². The van der Waals surface area contributed by atoms with Gasteiger partial charge in [0, 0.05) is 24.9 Å². The average molecular weight is 266 g/mol. The molecule has 0 aliphatic heterocycles. The number of carbonyl (C=O) groups excluding carboxylic acids is 1. The lowest BCUT2D eigenvalue weighted by Crippen LogP contribution is -2.40. The topological polar surface area (TPSA) is 55.1 Å². The lowest BCUT2D eigenvalue weighted by Gasteiger charge is -2.31. The molecule has 1 aliphatic carbocycles. The van der Waals surface area contributed by atoms with E-state index < -0.39 is 12.6 Å². The van der Waals surface area contributed by atoms with Crippen molar-refractivity contribution in [1.82, 2.24) is 5.32 Å². The van der Waals surface area contributed by atoms with Gasteiger partial charge in [-0.15, -0.1) is 0 Å². The van der Waals surface area contributed by atoms with E-state index in [0.717, 1.165) is 19.3 Å². The minimum Gasteiger partial charge on any atom is -0.356 e. The molecule has 6 heteroatoms. The fourth-order valence-corrected chi connectivity index (χ4v) is 2.30. The molecule has 18 heavy (non-hydrogen) atoms. The SMILES string of the molecule is CC1CC(C(=O)NCCCC(F)(F)F)CCC1N. The highest BCUT2D eigenvalue weighted by Crippen LogP contribution is 2.28. The molecule has 1 fully saturated rings. The Morgan fingerprint density at radius 1 is 1.39 bits per heavy atom. The van der Waals surface area contributed by atoms with Crippen molar-refractivity contribution in [3.05, 3.63) is 0 Å². The molecule has 106 valence electrons. The zero-order valence-corrected chi connectivity index (χ0v) is 10.6. The van der Waals surface area contributed by atoms with Gasteiger partial charge >= 0.3 is 6.18 Å². The average Bonchev–Trinajstić information content (AvgIpc) is 2.26. The van der Waals surface area contributed by atoms with Crippen LogP contribution in [0.4, 0.5) is 13.2 Å². The second-order valence-electron chi connectivity index (χ2n) is 5.16. The van der Waals surface area contributed by atoms with Gasteiger partial charge in [-0.3, -0.25) is 4.79 Å². The van der Waals surface area contributed by atoms with Gasteiger partial charge in [0.15, 0.2) is 0 Å². The molecule has 0 aromatic carbocycles. The van der Waals surface area contributed by atoms with E-state index in [9.17, 15) is 18.0 Å². The summed E-state index contributed by atoms with van der Waals surface area (Å²) < 4.78 is 35.7. The van der Waals surface area contributed by atoms with E-state index in [-0.39, 0.29) is 30.8 Å². The van der Waals surface area contributed by atoms with E-state index in [2.05, 4.69) is 5.32 Å². The third kappa shape index (κ3) is 5.25. The normalized spacial score (nSPS) is 29.1. The summed E-state index contributed by atoms with van der Waals surface area (Å²) in [6.45, 7) is 2.10. The van der Waals surface area contributed by atoms with E-state index in [1.807, 2.05) is 6.92 Å². The van der Waals surface area contributed by atoms with Crippen LogP contribution in [0.2, 0.25) is 0 Å². The third-order valence-electron chi connectivity index (χ3n) is 3.54. The molecule has 3 nitrogen and oxygen atoms in total. The van der Waals surface area contributed by atoms with Crippen molar-refractivity contribution in [2.45, 2.75) is 51.2 Å². The van der Waals surface area contributed by atoms with Crippen LogP contribution in [0.5, 0.6) is 0 Å². The lowest BCUT2D eigenvalue weighted by atomic mass is 9.79. The van der Waals surface area contributed by atoms with Crippen LogP contribution in [0.15, 0.2) is 0 Å². The van der Waals surface area contributed by atoms with Crippen LogP contribution in [0.3, 0.4) is 0 Å². The fraction of sp³-hybridized carbons (Fsp3) is 0.917. The number of rotatable bonds is 4. The van der Waals surface area contributed by atoms with Crippen molar-refractivity contribution in [2.75, 3.05) is 6.54 Å². The van der Waals surface area contributed by atoms with Crippen molar-refractivity contribution in [1.29, 1.82) is 0 Å². The van der Waals surface area contributed by atoms with Gasteiger partial charge in [-0.05, 0) is 31.6 Å². The Bertz CT molecular complexity index is 281. The van der Waals surface area contributed by atoms with Crippen LogP contribution in [-0.4, -0.2) is 24.7 Å². The number of hydrogen-bond acceptors (Lipinski definition) is 2. The highest BCUT2D eigenvalue weighted by molar-refractivity contribution is 5.78. The van der Waals surface area contributed by atoms with Crippen LogP contribution < -0.4 is 11.1 Å². The zero-order valence-electron chi connectivity index (χ0n) is 10.6. The van der Waals surface area contributed by atoms with Gasteiger partial charge in [0.1, 0.15) is 0 Å². The second kappa shape index (κ2) is 6.41. The first-order valence-corrected chi connectivity index (χ1v) is 6.39. The summed E-state index contributed by atoms with van der Waals surface area (Å²) in [6.07, 6.45) is -2.78. The van der Waals surface area contributed by atoms with E-state index in [1.165, 1.54) is 0 Å². The first kappa shape index (κ1) is 15.3. The molecule has 3 N–H and O–H groups in total. The summed E-state index contributed by atoms with van der Waals surface area (Å²) in [5, 5.41) is 2.58. The maximum Gasteiger partial charge on any atom is 0.389 e. The number of carbonyl (C=O) groups is 1. The molecule has 1 saturated carbocycles. The van der Waals surface area contributed by atoms with Gasteiger partial charge in [-0.25, -0.2) is 0 Å². The summed E-state index contributed by atoms with van der Waals surface area (Å²) in [5.74, 6) is 0.0753. The maximum atomic E-state index is 11.9. The second-order valence-corrected chi connectivity index (χ2v) is 5.16. The zero-order chi connectivity index (χ0) is 13.8. The Hall–Kier alpha value is -0.780. The Morgan fingerprint density at radius 3 is 2.61 bits per heavy atom. The van der Waals surface area contributed by atoms with E-state index >= 15 is 0 Å². The predicted molar refractivity (Wildman–Crippen MR) is 62.8 cm³/mol. The van der Waals surface area contributed by atoms with Gasteiger partial charge in [0.2, 0.25) is 5.91 Å². The highest BCUT2D eigenvalue weighted by atomic mass is 19.4. The van der Waals surface area contributed by atoms with Crippen LogP contribution in [-0.2, 0) is 4.79 Å². The number of hydrogen-bond donors (Lipinski definition) is 2. The molecular weight excluding hydrogens is 245 g/mol. The Morgan fingerprint density at radius 2 is 2.06 bits per heavy atom. The number of halogens is 3. The van der Waals surface area contributed by atoms with E-state index in [4.69, 9.17) is 5.73 Å². The van der Waals surface area contributed by atoms with Crippen molar-refractivity contribution < 1.29 is 18.0 Å². The molecular formula is C12H21F3N2O. The maximum absolute atomic E-state index is 11.9. The molecule has 0 aromatic heterocycles. The van der Waals surface area contributed by atoms with E-state index in [0.29, 0.717) is 5.92 Å². The molecule has 0 aromatic rings. The quantitative estimate of drug-likeness (QED) is 0.766. The monoisotopic (exact) mass is 266 g/mol. The molecule has 0 saturated heterocycles. The first-order chi connectivity index (χ1) is 8.29. The Balaban J connectivity index is 2.21. The molecule has 1 aliphatic rings. The van der Waals surface area contributed by atoms with Crippen molar-refractivity contribution in [2.24, 2.45) is 17.6 Å². The lowest BCUT2D eigenvalue weighted by molar-refractivity contribution is -0.136. The van der Waals surface area contributed by atoms with Gasteiger partial charge in [-0.1, -0.05) is 6.92 Å². The predicted octanol–water partition coefficient (Wildman–Crippen LogP) is 2.21. The summed E-state index contributed by atoms with van der Waals surface area (Å²) in [6, 6.07) is 0.138. The van der Waals surface area contributed by atoms with Crippen molar-refractivity contribution in [3.63, 3.8) is 0 Å². The molecule has 0 radical (unpaired) electrons. The number of nitrogens with two attached hydrogens (primary N) is 1. The molecule has 1 rings (SSSR count). The van der Waals surface area contributed by atoms with Crippen LogP contribution >= 0.6 is 0 Å². The van der Waals surface area contributed by atoms with E-state index in [1.54, 1.807) is 0 Å². The first-order valence-electron chi connectivity index (χ1n) is 6.39. The van der Waals surface area contributed by atoms with Crippen molar-refractivity contribution in [3.8, 4) is 0 Å². The largest absolute Gasteiger partial charge is 0.389 e. The molecule has 0 spiro atoms. The standard InChI is InChI=1S/C12H21F3N2O/c1-8-7-9(3-4-10(8)16)11(18)17-6-2-5-12(13,14)15/h8-10H,2-7,16H2,1H3,(H,17,18). The summed E-state index contributed by atoms with van der Waals surface area (Å²) >= 11 is 0. The molecule has 1 amide bonds. The smallest absolute Gasteiger partial charge is 0.356 e. The third-order valence-corrected chi connectivity index (χ3v) is 3.54. The number of alkyl halides is 3. The summed E-state index contributed by atoms with van der Waals surface area (Å²) in [7, 11) is 0. The molecule has 0 heterocycles. The molecule has 3 unspecified atom stereocenters. The minimum atomic E-state index is -4.14. The van der Waals surface area contributed by atoms with Gasteiger partial charge in [0.25, 0.3) is 0 Å². The number of amides is 1. The van der Waals surface area contributed by atoms with Gasteiger partial charge < -0.3 is 11.1 Å². The fourth-order valence-electron chi connectivity index (χ4n) is 2.30. The highest BCUT2D eigenvalue weighted by Gasteiger charge is 2.30. The van der Waals surface area contributed by atoms with Crippen LogP contribution in [0.25, 0.3) is 0 Å².